The van der Waals surface area contributed by atoms with E-state index in [-0.39, 0.29) is 11.4 Å². The molecular formula is C27H27BrN2O3S. The first-order valence-electron chi connectivity index (χ1n) is 11.2. The number of ether oxygens (including phenoxy) is 2. The number of carbonyl (C=O) groups excluding carboxylic acids is 1. The number of halogens is 1. The van der Waals surface area contributed by atoms with Crippen LogP contribution in [0.25, 0.3) is 6.08 Å². The van der Waals surface area contributed by atoms with Crippen LogP contribution < -0.4 is 20.1 Å². The number of carbonyl (C=O) groups is 1. The van der Waals surface area contributed by atoms with Crippen molar-refractivity contribution in [3.8, 4) is 11.5 Å². The van der Waals surface area contributed by atoms with E-state index < -0.39 is 0 Å². The van der Waals surface area contributed by atoms with E-state index in [0.29, 0.717) is 29.6 Å². The number of rotatable bonds is 9. The zero-order valence-corrected chi connectivity index (χ0v) is 21.5. The Morgan fingerprint density at radius 2 is 1.79 bits per heavy atom. The fraction of sp³-hybridized carbons (Fsp3) is 0.222. The van der Waals surface area contributed by atoms with E-state index in [1.807, 2.05) is 67.6 Å². The topological polar surface area (TPSA) is 59.6 Å². The second-order valence-corrected chi connectivity index (χ2v) is 9.71. The van der Waals surface area contributed by atoms with Gasteiger partial charge in [-0.2, -0.15) is 0 Å². The lowest BCUT2D eigenvalue weighted by molar-refractivity contribution is -0.116. The van der Waals surface area contributed by atoms with Gasteiger partial charge in [-0.1, -0.05) is 61.2 Å². The second-order valence-electron chi connectivity index (χ2n) is 7.71. The molecule has 3 aromatic carbocycles. The molecule has 3 aromatic rings. The van der Waals surface area contributed by atoms with Crippen LogP contribution in [0.2, 0.25) is 0 Å². The van der Waals surface area contributed by atoms with Crippen LogP contribution in [0.3, 0.4) is 0 Å². The largest absolute Gasteiger partial charge is 0.490 e. The van der Waals surface area contributed by atoms with Gasteiger partial charge in [0.15, 0.2) is 17.0 Å². The number of nitrogens with one attached hydrogen (secondary N) is 2. The van der Waals surface area contributed by atoms with Gasteiger partial charge in [0.05, 0.1) is 16.0 Å². The van der Waals surface area contributed by atoms with Gasteiger partial charge in [0.1, 0.15) is 6.61 Å². The SMILES string of the molecule is CCOc1cc(/C=C2\S[C@H](Nc3ccc(CC)cc3)NC2=O)cc(Br)c1OCc1ccccc1. The lowest BCUT2D eigenvalue weighted by atomic mass is 10.1. The van der Waals surface area contributed by atoms with Crippen LogP contribution in [0, 0.1) is 0 Å². The van der Waals surface area contributed by atoms with Crippen LogP contribution in [0.1, 0.15) is 30.5 Å². The van der Waals surface area contributed by atoms with Gasteiger partial charge in [-0.25, -0.2) is 0 Å². The van der Waals surface area contributed by atoms with Crippen LogP contribution in [0.4, 0.5) is 5.69 Å². The molecule has 7 heteroatoms. The number of hydrogen-bond donors (Lipinski definition) is 2. The highest BCUT2D eigenvalue weighted by Crippen LogP contribution is 2.39. The number of hydrogen-bond acceptors (Lipinski definition) is 5. The van der Waals surface area contributed by atoms with Crippen molar-refractivity contribution in [1.29, 1.82) is 0 Å². The lowest BCUT2D eigenvalue weighted by Gasteiger charge is -2.15. The molecule has 176 valence electrons. The first kappa shape index (κ1) is 24.2. The van der Waals surface area contributed by atoms with Crippen LogP contribution in [0.5, 0.6) is 11.5 Å². The Hall–Kier alpha value is -2.90. The average Bonchev–Trinajstić information content (AvgIpc) is 3.18. The minimum absolute atomic E-state index is 0.105. The molecule has 1 amide bonds. The summed E-state index contributed by atoms with van der Waals surface area (Å²) in [6, 6.07) is 22.1. The molecule has 0 bridgehead atoms. The summed E-state index contributed by atoms with van der Waals surface area (Å²) >= 11 is 5.08. The Bertz CT molecular complexity index is 1170. The molecule has 1 aliphatic heterocycles. The molecule has 2 N–H and O–H groups in total. The summed E-state index contributed by atoms with van der Waals surface area (Å²) < 4.78 is 12.7. The number of anilines is 1. The Morgan fingerprint density at radius 3 is 2.50 bits per heavy atom. The van der Waals surface area contributed by atoms with Crippen molar-refractivity contribution in [2.45, 2.75) is 32.4 Å². The summed E-state index contributed by atoms with van der Waals surface area (Å²) in [5, 5.41) is 6.34. The highest BCUT2D eigenvalue weighted by molar-refractivity contribution is 9.10. The summed E-state index contributed by atoms with van der Waals surface area (Å²) in [6.07, 6.45) is 2.87. The fourth-order valence-electron chi connectivity index (χ4n) is 3.51. The normalized spacial score (nSPS) is 16.4. The standard InChI is InChI=1S/C27H27BrN2O3S/c1-3-18-10-12-21(13-11-18)29-27-30-26(31)24(34-27)16-20-14-22(28)25(23(15-20)32-4-2)33-17-19-8-6-5-7-9-19/h5-16,27,29H,3-4,17H2,1-2H3,(H,30,31)/b24-16-/t27-/m1/s1. The molecule has 0 spiro atoms. The third kappa shape index (κ3) is 6.15. The minimum atomic E-state index is -0.227. The predicted molar refractivity (Wildman–Crippen MR) is 143 cm³/mol. The van der Waals surface area contributed by atoms with Crippen molar-refractivity contribution in [3.05, 3.63) is 92.8 Å². The summed E-state index contributed by atoms with van der Waals surface area (Å²) in [4.78, 5) is 13.2. The zero-order chi connectivity index (χ0) is 23.9. The summed E-state index contributed by atoms with van der Waals surface area (Å²) in [5.41, 5.74) is 3.95. The first-order valence-corrected chi connectivity index (χ1v) is 12.9. The van der Waals surface area contributed by atoms with Crippen molar-refractivity contribution in [1.82, 2.24) is 5.32 Å². The molecule has 0 aliphatic carbocycles. The predicted octanol–water partition coefficient (Wildman–Crippen LogP) is 6.59. The molecule has 0 unspecified atom stereocenters. The molecule has 1 aliphatic rings. The van der Waals surface area contributed by atoms with Gasteiger partial charge in [0.25, 0.3) is 5.91 Å². The molecule has 4 rings (SSSR count). The maximum atomic E-state index is 12.6. The van der Waals surface area contributed by atoms with E-state index in [9.17, 15) is 4.79 Å². The molecule has 34 heavy (non-hydrogen) atoms. The van der Waals surface area contributed by atoms with Gasteiger partial charge in [-0.3, -0.25) is 4.79 Å². The number of thioether (sulfide) groups is 1. The Kier molecular flexibility index (Phi) is 8.19. The molecule has 1 atom stereocenters. The van der Waals surface area contributed by atoms with Gasteiger partial charge in [0.2, 0.25) is 0 Å². The summed E-state index contributed by atoms with van der Waals surface area (Å²) in [5.74, 6) is 1.17. The van der Waals surface area contributed by atoms with Crippen molar-refractivity contribution in [2.24, 2.45) is 0 Å². The summed E-state index contributed by atoms with van der Waals surface area (Å²) in [6.45, 7) is 5.00. The van der Waals surface area contributed by atoms with E-state index in [2.05, 4.69) is 45.6 Å². The molecule has 1 saturated heterocycles. The van der Waals surface area contributed by atoms with Crippen molar-refractivity contribution in [3.63, 3.8) is 0 Å². The van der Waals surface area contributed by atoms with E-state index in [4.69, 9.17) is 9.47 Å². The molecule has 0 aromatic heterocycles. The first-order chi connectivity index (χ1) is 16.6. The third-order valence-electron chi connectivity index (χ3n) is 5.25. The van der Waals surface area contributed by atoms with Gasteiger partial charge in [0, 0.05) is 5.69 Å². The molecule has 1 heterocycles. The van der Waals surface area contributed by atoms with Gasteiger partial charge >= 0.3 is 0 Å². The van der Waals surface area contributed by atoms with Crippen molar-refractivity contribution >= 4 is 45.4 Å². The molecule has 0 radical (unpaired) electrons. The Balaban J connectivity index is 1.49. The van der Waals surface area contributed by atoms with Crippen LogP contribution >= 0.6 is 27.7 Å². The van der Waals surface area contributed by atoms with E-state index >= 15 is 0 Å². The van der Waals surface area contributed by atoms with Crippen LogP contribution in [-0.4, -0.2) is 18.0 Å². The average molecular weight is 539 g/mol. The Labute approximate surface area is 213 Å². The molecular weight excluding hydrogens is 512 g/mol. The van der Waals surface area contributed by atoms with E-state index in [1.165, 1.54) is 17.3 Å². The molecule has 5 nitrogen and oxygen atoms in total. The van der Waals surface area contributed by atoms with E-state index in [0.717, 1.165) is 27.7 Å². The zero-order valence-electron chi connectivity index (χ0n) is 19.1. The molecule has 1 fully saturated rings. The van der Waals surface area contributed by atoms with Crippen molar-refractivity contribution < 1.29 is 14.3 Å². The fourth-order valence-corrected chi connectivity index (χ4v) is 5.07. The highest BCUT2D eigenvalue weighted by Gasteiger charge is 2.27. The Morgan fingerprint density at radius 1 is 1.03 bits per heavy atom. The van der Waals surface area contributed by atoms with Crippen LogP contribution in [-0.2, 0) is 17.8 Å². The van der Waals surface area contributed by atoms with Gasteiger partial charge in [-0.15, -0.1) is 0 Å². The number of aryl methyl sites for hydroxylation is 1. The molecule has 0 saturated carbocycles. The van der Waals surface area contributed by atoms with E-state index in [1.54, 1.807) is 0 Å². The number of amides is 1. The number of benzene rings is 3. The third-order valence-corrected chi connectivity index (χ3v) is 6.86. The second kappa shape index (κ2) is 11.5. The van der Waals surface area contributed by atoms with Crippen molar-refractivity contribution in [2.75, 3.05) is 11.9 Å². The minimum Gasteiger partial charge on any atom is -0.490 e. The monoisotopic (exact) mass is 538 g/mol. The maximum Gasteiger partial charge on any atom is 0.260 e. The van der Waals surface area contributed by atoms with Crippen LogP contribution in [0.15, 0.2) is 76.1 Å². The summed E-state index contributed by atoms with van der Waals surface area (Å²) in [7, 11) is 0. The quantitative estimate of drug-likeness (QED) is 0.301. The lowest BCUT2D eigenvalue weighted by Crippen LogP contribution is -2.30. The maximum absolute atomic E-state index is 12.6. The highest BCUT2D eigenvalue weighted by atomic mass is 79.9. The smallest absolute Gasteiger partial charge is 0.260 e. The van der Waals surface area contributed by atoms with Gasteiger partial charge < -0.3 is 20.1 Å². The van der Waals surface area contributed by atoms with Gasteiger partial charge in [-0.05, 0) is 76.3 Å².